The van der Waals surface area contributed by atoms with Gasteiger partial charge < -0.3 is 4.74 Å². The highest BCUT2D eigenvalue weighted by molar-refractivity contribution is 7.13. The molecular weight excluding hydrogens is 320 g/mol. The summed E-state index contributed by atoms with van der Waals surface area (Å²) >= 11 is 7.62. The van der Waals surface area contributed by atoms with Crippen molar-refractivity contribution in [1.29, 1.82) is 0 Å². The molecule has 3 rings (SSSR count). The molecule has 0 saturated carbocycles. The fourth-order valence-corrected chi connectivity index (χ4v) is 2.97. The molecule has 0 N–H and O–H groups in total. The summed E-state index contributed by atoms with van der Waals surface area (Å²) < 4.78 is 6.36. The van der Waals surface area contributed by atoms with E-state index in [-0.39, 0.29) is 0 Å². The quantitative estimate of drug-likeness (QED) is 0.682. The van der Waals surface area contributed by atoms with Crippen LogP contribution in [-0.2, 0) is 4.74 Å². The van der Waals surface area contributed by atoms with Gasteiger partial charge in [0.25, 0.3) is 0 Å². The molecule has 0 radical (unpaired) electrons. The first-order chi connectivity index (χ1) is 10.7. The summed E-state index contributed by atoms with van der Waals surface area (Å²) in [5.74, 6) is 0. The van der Waals surface area contributed by atoms with E-state index in [0.29, 0.717) is 17.3 Å². The second-order valence-corrected chi connectivity index (χ2v) is 5.90. The fourth-order valence-electron chi connectivity index (χ4n) is 2.10. The van der Waals surface area contributed by atoms with Gasteiger partial charge in [0.05, 0.1) is 17.2 Å². The second kappa shape index (κ2) is 6.34. The first-order valence-electron chi connectivity index (χ1n) is 6.76. The number of hydrogen-bond acceptors (Lipinski definition) is 4. The summed E-state index contributed by atoms with van der Waals surface area (Å²) in [4.78, 5) is 13.1. The van der Waals surface area contributed by atoms with Gasteiger partial charge in [-0.15, -0.1) is 11.3 Å². The first-order valence-corrected chi connectivity index (χ1v) is 8.02. The summed E-state index contributed by atoms with van der Waals surface area (Å²) in [6, 6.07) is 13.1. The molecule has 2 aromatic heterocycles. The van der Waals surface area contributed by atoms with E-state index in [2.05, 4.69) is 5.10 Å². The molecule has 0 aliphatic carbocycles. The largest absolute Gasteiger partial charge is 0.448 e. The Kier molecular flexibility index (Phi) is 4.27. The fraction of sp³-hybridized carbons (Fsp3) is 0.125. The molecule has 4 nitrogen and oxygen atoms in total. The van der Waals surface area contributed by atoms with E-state index in [1.807, 2.05) is 35.7 Å². The van der Waals surface area contributed by atoms with Crippen molar-refractivity contribution in [2.24, 2.45) is 0 Å². The highest BCUT2D eigenvalue weighted by Crippen LogP contribution is 2.30. The molecule has 0 fully saturated rings. The third kappa shape index (κ3) is 2.91. The summed E-state index contributed by atoms with van der Waals surface area (Å²) in [7, 11) is 0. The van der Waals surface area contributed by atoms with Gasteiger partial charge in [-0.3, -0.25) is 0 Å². The number of thiophene rings is 1. The van der Waals surface area contributed by atoms with E-state index in [0.717, 1.165) is 16.1 Å². The van der Waals surface area contributed by atoms with Crippen LogP contribution in [0.15, 0.2) is 47.8 Å². The SMILES string of the molecule is CCOC(=O)n1nc(-c2cccs2)cc1-c1cccc(Cl)c1. The highest BCUT2D eigenvalue weighted by atomic mass is 35.5. The van der Waals surface area contributed by atoms with Crippen molar-refractivity contribution >= 4 is 29.0 Å². The van der Waals surface area contributed by atoms with Crippen LogP contribution in [0.3, 0.4) is 0 Å². The molecule has 0 saturated heterocycles. The molecule has 0 atom stereocenters. The number of rotatable bonds is 3. The first kappa shape index (κ1) is 14.8. The molecule has 0 spiro atoms. The summed E-state index contributed by atoms with van der Waals surface area (Å²) in [6.07, 6.45) is -0.500. The topological polar surface area (TPSA) is 44.1 Å². The maximum absolute atomic E-state index is 12.2. The van der Waals surface area contributed by atoms with Gasteiger partial charge >= 0.3 is 6.09 Å². The van der Waals surface area contributed by atoms with E-state index in [9.17, 15) is 4.79 Å². The number of carbonyl (C=O) groups excluding carboxylic acids is 1. The Labute approximate surface area is 136 Å². The van der Waals surface area contributed by atoms with Crippen LogP contribution in [0, 0.1) is 0 Å². The van der Waals surface area contributed by atoms with Crippen LogP contribution in [0.25, 0.3) is 21.8 Å². The van der Waals surface area contributed by atoms with Crippen molar-refractivity contribution in [3.63, 3.8) is 0 Å². The molecule has 0 amide bonds. The lowest BCUT2D eigenvalue weighted by molar-refractivity contribution is 0.151. The summed E-state index contributed by atoms with van der Waals surface area (Å²) in [5.41, 5.74) is 2.21. The maximum Gasteiger partial charge on any atom is 0.435 e. The van der Waals surface area contributed by atoms with E-state index >= 15 is 0 Å². The molecule has 3 aromatic rings. The number of benzene rings is 1. The number of nitrogens with zero attached hydrogens (tertiary/aromatic N) is 2. The zero-order chi connectivity index (χ0) is 15.5. The molecule has 0 aliphatic rings. The van der Waals surface area contributed by atoms with Gasteiger partial charge in [-0.05, 0) is 36.6 Å². The van der Waals surface area contributed by atoms with Crippen LogP contribution in [0.2, 0.25) is 5.02 Å². The van der Waals surface area contributed by atoms with Crippen molar-refractivity contribution in [3.05, 3.63) is 52.9 Å². The maximum atomic E-state index is 12.2. The Balaban J connectivity index is 2.12. The van der Waals surface area contributed by atoms with Gasteiger partial charge in [-0.2, -0.15) is 9.78 Å². The number of halogens is 1. The molecule has 0 bridgehead atoms. The van der Waals surface area contributed by atoms with Crippen molar-refractivity contribution < 1.29 is 9.53 Å². The molecule has 0 unspecified atom stereocenters. The van der Waals surface area contributed by atoms with Gasteiger partial charge in [0.15, 0.2) is 0 Å². The summed E-state index contributed by atoms with van der Waals surface area (Å²) in [5, 5.41) is 6.96. The van der Waals surface area contributed by atoms with Crippen molar-refractivity contribution in [1.82, 2.24) is 9.78 Å². The van der Waals surface area contributed by atoms with E-state index < -0.39 is 6.09 Å². The highest BCUT2D eigenvalue weighted by Gasteiger charge is 2.18. The summed E-state index contributed by atoms with van der Waals surface area (Å²) in [6.45, 7) is 2.06. The zero-order valence-electron chi connectivity index (χ0n) is 11.8. The Morgan fingerprint density at radius 3 is 2.86 bits per heavy atom. The van der Waals surface area contributed by atoms with Crippen molar-refractivity contribution in [2.75, 3.05) is 6.61 Å². The Hall–Kier alpha value is -2.11. The second-order valence-electron chi connectivity index (χ2n) is 4.51. The molecule has 22 heavy (non-hydrogen) atoms. The lowest BCUT2D eigenvalue weighted by Gasteiger charge is -2.06. The minimum atomic E-state index is -0.500. The van der Waals surface area contributed by atoms with Crippen LogP contribution in [0.1, 0.15) is 6.92 Å². The van der Waals surface area contributed by atoms with Crippen LogP contribution < -0.4 is 0 Å². The Morgan fingerprint density at radius 1 is 1.32 bits per heavy atom. The predicted octanol–water partition coefficient (Wildman–Crippen LogP) is 4.94. The van der Waals surface area contributed by atoms with Crippen molar-refractivity contribution in [3.8, 4) is 21.8 Å². The van der Waals surface area contributed by atoms with Crippen molar-refractivity contribution in [2.45, 2.75) is 6.92 Å². The van der Waals surface area contributed by atoms with Gasteiger partial charge in [0.1, 0.15) is 5.69 Å². The Morgan fingerprint density at radius 2 is 2.18 bits per heavy atom. The van der Waals surface area contributed by atoms with Gasteiger partial charge in [-0.25, -0.2) is 4.79 Å². The monoisotopic (exact) mass is 332 g/mol. The number of hydrogen-bond donors (Lipinski definition) is 0. The molecule has 6 heteroatoms. The lowest BCUT2D eigenvalue weighted by atomic mass is 10.1. The average Bonchev–Trinajstić information content (AvgIpc) is 3.17. The third-order valence-corrected chi connectivity index (χ3v) is 4.17. The molecular formula is C16H13ClN2O2S. The van der Waals surface area contributed by atoms with Crippen LogP contribution in [-0.4, -0.2) is 22.5 Å². The third-order valence-electron chi connectivity index (χ3n) is 3.04. The minimum Gasteiger partial charge on any atom is -0.448 e. The van der Waals surface area contributed by atoms with E-state index in [1.165, 1.54) is 4.68 Å². The lowest BCUT2D eigenvalue weighted by Crippen LogP contribution is -2.16. The molecule has 112 valence electrons. The number of aromatic nitrogens is 2. The normalized spacial score (nSPS) is 10.6. The minimum absolute atomic E-state index is 0.294. The van der Waals surface area contributed by atoms with Gasteiger partial charge in [0, 0.05) is 10.6 Å². The average molecular weight is 333 g/mol. The number of carbonyl (C=O) groups is 1. The number of ether oxygens (including phenoxy) is 1. The van der Waals surface area contributed by atoms with Crippen LogP contribution in [0.5, 0.6) is 0 Å². The smallest absolute Gasteiger partial charge is 0.435 e. The molecule has 2 heterocycles. The van der Waals surface area contributed by atoms with Gasteiger partial charge in [0.2, 0.25) is 0 Å². The van der Waals surface area contributed by atoms with Crippen LogP contribution in [0.4, 0.5) is 4.79 Å². The van der Waals surface area contributed by atoms with E-state index in [1.54, 1.807) is 30.4 Å². The Bertz CT molecular complexity index is 796. The zero-order valence-corrected chi connectivity index (χ0v) is 13.4. The van der Waals surface area contributed by atoms with E-state index in [4.69, 9.17) is 16.3 Å². The van der Waals surface area contributed by atoms with Crippen LogP contribution >= 0.6 is 22.9 Å². The molecule has 1 aromatic carbocycles. The standard InChI is InChI=1S/C16H13ClN2O2S/c1-2-21-16(20)19-14(11-5-3-6-12(17)9-11)10-13(18-19)15-7-4-8-22-15/h3-10H,2H2,1H3. The predicted molar refractivity (Wildman–Crippen MR) is 88.4 cm³/mol. The van der Waals surface area contributed by atoms with Gasteiger partial charge in [-0.1, -0.05) is 29.8 Å². The molecule has 0 aliphatic heterocycles.